The lowest BCUT2D eigenvalue weighted by Crippen LogP contribution is -2.32. The minimum absolute atomic E-state index is 0.802. The topological polar surface area (TPSA) is 32.5 Å². The highest BCUT2D eigenvalue weighted by molar-refractivity contribution is 4.57. The second-order valence-electron chi connectivity index (χ2n) is 4.10. The van der Waals surface area contributed by atoms with Crippen molar-refractivity contribution in [2.45, 2.75) is 26.2 Å². The maximum absolute atomic E-state index is 5.46. The van der Waals surface area contributed by atoms with E-state index in [0.29, 0.717) is 0 Å². The molecule has 0 aliphatic rings. The molecule has 0 aromatic heterocycles. The molecule has 0 spiro atoms. The molecular weight excluding hydrogens is 174 g/mol. The van der Waals surface area contributed by atoms with E-state index in [1.54, 1.807) is 0 Å². The van der Waals surface area contributed by atoms with Crippen LogP contribution in [0.1, 0.15) is 26.2 Å². The lowest BCUT2D eigenvalue weighted by Gasteiger charge is -2.21. The number of nitrogens with two attached hydrogens (primary N) is 1. The number of nitrogens with zero attached hydrogens (tertiary/aromatic N) is 2. The average molecular weight is 201 g/mol. The van der Waals surface area contributed by atoms with E-state index in [-0.39, 0.29) is 0 Å². The maximum atomic E-state index is 5.46. The lowest BCUT2D eigenvalue weighted by atomic mass is 10.3. The molecule has 3 nitrogen and oxygen atoms in total. The molecule has 86 valence electrons. The van der Waals surface area contributed by atoms with Gasteiger partial charge in [-0.15, -0.1) is 0 Å². The Bertz CT molecular complexity index is 103. The van der Waals surface area contributed by atoms with Gasteiger partial charge in [0.2, 0.25) is 0 Å². The van der Waals surface area contributed by atoms with Crippen LogP contribution in [0.2, 0.25) is 0 Å². The second kappa shape index (κ2) is 9.44. The van der Waals surface area contributed by atoms with Gasteiger partial charge in [0, 0.05) is 13.1 Å². The van der Waals surface area contributed by atoms with Crippen molar-refractivity contribution in [3.8, 4) is 0 Å². The summed E-state index contributed by atoms with van der Waals surface area (Å²) in [6, 6.07) is 0. The van der Waals surface area contributed by atoms with E-state index < -0.39 is 0 Å². The fraction of sp³-hybridized carbons (Fsp3) is 1.00. The van der Waals surface area contributed by atoms with E-state index in [0.717, 1.165) is 26.1 Å². The molecular formula is C11H27N3. The van der Waals surface area contributed by atoms with Crippen molar-refractivity contribution >= 4 is 0 Å². The molecule has 0 bridgehead atoms. The Morgan fingerprint density at radius 1 is 0.857 bits per heavy atom. The molecule has 0 aromatic carbocycles. The maximum Gasteiger partial charge on any atom is 0.0106 e. The molecule has 0 heterocycles. The first-order valence-corrected chi connectivity index (χ1v) is 5.77. The van der Waals surface area contributed by atoms with Gasteiger partial charge in [-0.05, 0) is 46.6 Å². The van der Waals surface area contributed by atoms with Crippen LogP contribution < -0.4 is 5.73 Å². The predicted octanol–water partition coefficient (Wildman–Crippen LogP) is 0.999. The highest BCUT2D eigenvalue weighted by atomic mass is 15.2. The van der Waals surface area contributed by atoms with Crippen molar-refractivity contribution < 1.29 is 0 Å². The molecule has 0 aromatic rings. The van der Waals surface area contributed by atoms with Crippen LogP contribution >= 0.6 is 0 Å². The van der Waals surface area contributed by atoms with Crippen LogP contribution in [-0.2, 0) is 0 Å². The Hall–Kier alpha value is -0.120. The molecule has 0 amide bonds. The fourth-order valence-electron chi connectivity index (χ4n) is 1.35. The molecule has 0 rings (SSSR count). The SMILES string of the molecule is CCCCN(C)CCN(C)CCCN. The highest BCUT2D eigenvalue weighted by Crippen LogP contribution is 1.93. The van der Waals surface area contributed by atoms with E-state index in [4.69, 9.17) is 5.73 Å². The van der Waals surface area contributed by atoms with Gasteiger partial charge in [-0.25, -0.2) is 0 Å². The molecule has 3 heteroatoms. The summed E-state index contributed by atoms with van der Waals surface area (Å²) in [5.74, 6) is 0. The van der Waals surface area contributed by atoms with Gasteiger partial charge in [0.05, 0.1) is 0 Å². The fourth-order valence-corrected chi connectivity index (χ4v) is 1.35. The van der Waals surface area contributed by atoms with Crippen molar-refractivity contribution in [2.24, 2.45) is 5.73 Å². The molecule has 0 radical (unpaired) electrons. The minimum atomic E-state index is 0.802. The summed E-state index contributed by atoms with van der Waals surface area (Å²) in [6.07, 6.45) is 3.70. The number of hydrogen-bond donors (Lipinski definition) is 1. The molecule has 0 fully saturated rings. The van der Waals surface area contributed by atoms with E-state index in [1.807, 2.05) is 0 Å². The van der Waals surface area contributed by atoms with Gasteiger partial charge in [-0.1, -0.05) is 13.3 Å². The Morgan fingerprint density at radius 2 is 1.36 bits per heavy atom. The van der Waals surface area contributed by atoms with Crippen molar-refractivity contribution in [2.75, 3.05) is 46.8 Å². The Kier molecular flexibility index (Phi) is 9.35. The number of unbranched alkanes of at least 4 members (excludes halogenated alkanes) is 1. The Balaban J connectivity index is 3.31. The van der Waals surface area contributed by atoms with Gasteiger partial charge in [0.25, 0.3) is 0 Å². The molecule has 0 saturated heterocycles. The Labute approximate surface area is 89.2 Å². The highest BCUT2D eigenvalue weighted by Gasteiger charge is 2.00. The quantitative estimate of drug-likeness (QED) is 0.604. The molecule has 14 heavy (non-hydrogen) atoms. The molecule has 0 aliphatic heterocycles. The van der Waals surface area contributed by atoms with Gasteiger partial charge in [-0.3, -0.25) is 0 Å². The zero-order valence-electron chi connectivity index (χ0n) is 10.1. The van der Waals surface area contributed by atoms with E-state index in [2.05, 4.69) is 30.8 Å². The lowest BCUT2D eigenvalue weighted by molar-refractivity contribution is 0.253. The Morgan fingerprint density at radius 3 is 1.79 bits per heavy atom. The summed E-state index contributed by atoms with van der Waals surface area (Å²) in [6.45, 7) is 7.71. The first kappa shape index (κ1) is 13.9. The number of hydrogen-bond acceptors (Lipinski definition) is 3. The number of rotatable bonds is 9. The average Bonchev–Trinajstić information content (AvgIpc) is 2.20. The standard InChI is InChI=1S/C11H27N3/c1-4-5-8-13(2)10-11-14(3)9-6-7-12/h4-12H2,1-3H3. The third-order valence-corrected chi connectivity index (χ3v) is 2.50. The summed E-state index contributed by atoms with van der Waals surface area (Å²) in [4.78, 5) is 4.76. The van der Waals surface area contributed by atoms with Crippen LogP contribution in [0.15, 0.2) is 0 Å². The van der Waals surface area contributed by atoms with Crippen LogP contribution in [0.4, 0.5) is 0 Å². The van der Waals surface area contributed by atoms with Gasteiger partial charge in [0.15, 0.2) is 0 Å². The smallest absolute Gasteiger partial charge is 0.0106 e. The van der Waals surface area contributed by atoms with Gasteiger partial charge in [-0.2, -0.15) is 0 Å². The summed E-state index contributed by atoms with van der Waals surface area (Å²) in [5, 5.41) is 0. The van der Waals surface area contributed by atoms with E-state index >= 15 is 0 Å². The zero-order valence-corrected chi connectivity index (χ0v) is 10.1. The van der Waals surface area contributed by atoms with Gasteiger partial charge >= 0.3 is 0 Å². The van der Waals surface area contributed by atoms with Crippen LogP contribution in [0.5, 0.6) is 0 Å². The number of likely N-dealkylation sites (N-methyl/N-ethyl adjacent to an activating group) is 2. The predicted molar refractivity (Wildman–Crippen MR) is 63.6 cm³/mol. The van der Waals surface area contributed by atoms with Crippen molar-refractivity contribution in [1.29, 1.82) is 0 Å². The summed E-state index contributed by atoms with van der Waals surface area (Å²) in [5.41, 5.74) is 5.46. The van der Waals surface area contributed by atoms with Crippen LogP contribution in [0.3, 0.4) is 0 Å². The summed E-state index contributed by atoms with van der Waals surface area (Å²) in [7, 11) is 4.37. The normalized spacial score (nSPS) is 11.6. The largest absolute Gasteiger partial charge is 0.330 e. The van der Waals surface area contributed by atoms with Crippen LogP contribution in [-0.4, -0.2) is 56.6 Å². The third-order valence-electron chi connectivity index (χ3n) is 2.50. The van der Waals surface area contributed by atoms with E-state index in [9.17, 15) is 0 Å². The van der Waals surface area contributed by atoms with Gasteiger partial charge < -0.3 is 15.5 Å². The van der Waals surface area contributed by atoms with E-state index in [1.165, 1.54) is 25.9 Å². The monoisotopic (exact) mass is 201 g/mol. The second-order valence-corrected chi connectivity index (χ2v) is 4.10. The van der Waals surface area contributed by atoms with Crippen LogP contribution in [0.25, 0.3) is 0 Å². The molecule has 0 unspecified atom stereocenters. The van der Waals surface area contributed by atoms with Crippen LogP contribution in [0, 0.1) is 0 Å². The van der Waals surface area contributed by atoms with Gasteiger partial charge in [0.1, 0.15) is 0 Å². The third kappa shape index (κ3) is 8.48. The zero-order chi connectivity index (χ0) is 10.8. The summed E-state index contributed by atoms with van der Waals surface area (Å²) < 4.78 is 0. The molecule has 0 saturated carbocycles. The molecule has 2 N–H and O–H groups in total. The molecule has 0 atom stereocenters. The first-order chi connectivity index (χ1) is 6.70. The first-order valence-electron chi connectivity index (χ1n) is 5.77. The van der Waals surface area contributed by atoms with Crippen molar-refractivity contribution in [3.05, 3.63) is 0 Å². The minimum Gasteiger partial charge on any atom is -0.330 e. The molecule has 0 aliphatic carbocycles. The van der Waals surface area contributed by atoms with Crippen molar-refractivity contribution in [3.63, 3.8) is 0 Å². The summed E-state index contributed by atoms with van der Waals surface area (Å²) >= 11 is 0. The van der Waals surface area contributed by atoms with Crippen molar-refractivity contribution in [1.82, 2.24) is 9.80 Å².